The lowest BCUT2D eigenvalue weighted by Gasteiger charge is -2.11. The minimum atomic E-state index is -0.288. The molecule has 0 aliphatic rings. The van der Waals surface area contributed by atoms with Gasteiger partial charge in [-0.25, -0.2) is 4.98 Å². The van der Waals surface area contributed by atoms with Gasteiger partial charge in [0.2, 0.25) is 11.8 Å². The minimum absolute atomic E-state index is 0.0678. The number of carbonyl (C=O) groups excluding carboxylic acids is 2. The number of rotatable bonds is 6. The Bertz CT molecular complexity index is 788. The van der Waals surface area contributed by atoms with Crippen LogP contribution in [0.15, 0.2) is 34.2 Å². The Balaban J connectivity index is 2.15. The number of nitrogens with one attached hydrogen (secondary N) is 2. The number of thioether (sulfide) groups is 1. The van der Waals surface area contributed by atoms with E-state index in [0.29, 0.717) is 22.6 Å². The summed E-state index contributed by atoms with van der Waals surface area (Å²) in [6, 6.07) is 7.12. The molecule has 0 fully saturated rings. The second-order valence-corrected chi connectivity index (χ2v) is 5.64. The van der Waals surface area contributed by atoms with E-state index in [4.69, 9.17) is 0 Å². The van der Waals surface area contributed by atoms with E-state index < -0.39 is 0 Å². The lowest BCUT2D eigenvalue weighted by atomic mass is 10.2. The van der Waals surface area contributed by atoms with E-state index in [-0.39, 0.29) is 29.7 Å². The first-order valence-electron chi connectivity index (χ1n) is 7.16. The van der Waals surface area contributed by atoms with Crippen LogP contribution in [0.1, 0.15) is 6.92 Å². The van der Waals surface area contributed by atoms with E-state index in [1.807, 2.05) is 13.0 Å². The van der Waals surface area contributed by atoms with Crippen molar-refractivity contribution in [2.24, 2.45) is 0 Å². The van der Waals surface area contributed by atoms with Gasteiger partial charge < -0.3 is 10.6 Å². The number of aromatic nitrogens is 2. The molecule has 23 heavy (non-hydrogen) atoms. The molecule has 2 rings (SSSR count). The Kier molecular flexibility index (Phi) is 5.75. The van der Waals surface area contributed by atoms with E-state index in [1.54, 1.807) is 22.8 Å². The quantitative estimate of drug-likeness (QED) is 0.588. The van der Waals surface area contributed by atoms with Crippen LogP contribution in [0.25, 0.3) is 10.9 Å². The molecule has 7 nitrogen and oxygen atoms in total. The molecule has 1 aromatic heterocycles. The largest absolute Gasteiger partial charge is 0.358 e. The lowest BCUT2D eigenvalue weighted by Crippen LogP contribution is -2.36. The number of carbonyl (C=O) groups is 2. The first-order valence-corrected chi connectivity index (χ1v) is 8.15. The Morgan fingerprint density at radius 2 is 2.00 bits per heavy atom. The first kappa shape index (κ1) is 17.0. The topological polar surface area (TPSA) is 93.1 Å². The van der Waals surface area contributed by atoms with Crippen LogP contribution in [-0.2, 0) is 16.1 Å². The van der Waals surface area contributed by atoms with Crippen LogP contribution in [0.3, 0.4) is 0 Å². The third-order valence-corrected chi connectivity index (χ3v) is 4.18. The van der Waals surface area contributed by atoms with Crippen LogP contribution in [0, 0.1) is 0 Å². The van der Waals surface area contributed by atoms with Crippen molar-refractivity contribution in [3.63, 3.8) is 0 Å². The number of para-hydroxylation sites is 1. The molecule has 122 valence electrons. The van der Waals surface area contributed by atoms with Gasteiger partial charge in [0.1, 0.15) is 0 Å². The van der Waals surface area contributed by atoms with Crippen molar-refractivity contribution < 1.29 is 9.59 Å². The lowest BCUT2D eigenvalue weighted by molar-refractivity contribution is -0.124. The van der Waals surface area contributed by atoms with E-state index in [0.717, 1.165) is 0 Å². The highest BCUT2D eigenvalue weighted by molar-refractivity contribution is 7.99. The molecule has 0 saturated carbocycles. The number of likely N-dealkylation sites (N-methyl/N-ethyl adjacent to an activating group) is 1. The SMILES string of the molecule is CCn1c(SCC(=O)NCC(=O)NC)nc2ccccc2c1=O. The van der Waals surface area contributed by atoms with Crippen LogP contribution >= 0.6 is 11.8 Å². The number of hydrogen-bond acceptors (Lipinski definition) is 5. The summed E-state index contributed by atoms with van der Waals surface area (Å²) in [6.45, 7) is 2.26. The van der Waals surface area contributed by atoms with Gasteiger partial charge in [-0.2, -0.15) is 0 Å². The summed E-state index contributed by atoms with van der Waals surface area (Å²) in [5.74, 6) is -0.469. The summed E-state index contributed by atoms with van der Waals surface area (Å²) >= 11 is 1.18. The van der Waals surface area contributed by atoms with Gasteiger partial charge in [-0.05, 0) is 19.1 Å². The molecule has 1 aromatic carbocycles. The van der Waals surface area contributed by atoms with Gasteiger partial charge in [0, 0.05) is 13.6 Å². The van der Waals surface area contributed by atoms with Crippen LogP contribution in [0.4, 0.5) is 0 Å². The maximum atomic E-state index is 12.4. The van der Waals surface area contributed by atoms with Crippen LogP contribution in [-0.4, -0.2) is 40.7 Å². The molecule has 0 unspecified atom stereocenters. The van der Waals surface area contributed by atoms with Gasteiger partial charge in [0.05, 0.1) is 23.2 Å². The van der Waals surface area contributed by atoms with Crippen molar-refractivity contribution in [1.29, 1.82) is 0 Å². The zero-order valence-electron chi connectivity index (χ0n) is 13.0. The molecule has 0 saturated heterocycles. The molecule has 2 N–H and O–H groups in total. The summed E-state index contributed by atoms with van der Waals surface area (Å²) < 4.78 is 1.54. The molecule has 0 spiro atoms. The van der Waals surface area contributed by atoms with E-state index in [2.05, 4.69) is 15.6 Å². The van der Waals surface area contributed by atoms with Gasteiger partial charge in [0.15, 0.2) is 5.16 Å². The Morgan fingerprint density at radius 1 is 1.26 bits per heavy atom. The number of fused-ring (bicyclic) bond motifs is 1. The highest BCUT2D eigenvalue weighted by atomic mass is 32.2. The van der Waals surface area contributed by atoms with Crippen molar-refractivity contribution in [1.82, 2.24) is 20.2 Å². The highest BCUT2D eigenvalue weighted by Gasteiger charge is 2.12. The number of amides is 2. The predicted octanol–water partition coefficient (Wildman–Crippen LogP) is 0.371. The van der Waals surface area contributed by atoms with Crippen molar-refractivity contribution in [3.05, 3.63) is 34.6 Å². The van der Waals surface area contributed by atoms with Gasteiger partial charge >= 0.3 is 0 Å². The number of hydrogen-bond donors (Lipinski definition) is 2. The van der Waals surface area contributed by atoms with E-state index >= 15 is 0 Å². The van der Waals surface area contributed by atoms with Crippen molar-refractivity contribution in [3.8, 4) is 0 Å². The molecular weight excluding hydrogens is 316 g/mol. The van der Waals surface area contributed by atoms with Crippen molar-refractivity contribution >= 4 is 34.5 Å². The second-order valence-electron chi connectivity index (χ2n) is 4.70. The Labute approximate surface area is 137 Å². The standard InChI is InChI=1S/C15H18N4O3S/c1-3-19-14(22)10-6-4-5-7-11(10)18-15(19)23-9-13(21)17-8-12(20)16-2/h4-7H,3,8-9H2,1-2H3,(H,16,20)(H,17,21). The maximum absolute atomic E-state index is 12.4. The molecule has 0 atom stereocenters. The van der Waals surface area contributed by atoms with E-state index in [9.17, 15) is 14.4 Å². The van der Waals surface area contributed by atoms with Crippen LogP contribution < -0.4 is 16.2 Å². The highest BCUT2D eigenvalue weighted by Crippen LogP contribution is 2.17. The monoisotopic (exact) mass is 334 g/mol. The fourth-order valence-corrected chi connectivity index (χ4v) is 2.88. The zero-order valence-corrected chi connectivity index (χ0v) is 13.8. The normalized spacial score (nSPS) is 10.5. The van der Waals surface area contributed by atoms with Crippen molar-refractivity contribution in [2.75, 3.05) is 19.3 Å². The van der Waals surface area contributed by atoms with Gasteiger partial charge in [0.25, 0.3) is 5.56 Å². The summed E-state index contributed by atoms with van der Waals surface area (Å²) in [4.78, 5) is 39.7. The van der Waals surface area contributed by atoms with E-state index in [1.165, 1.54) is 18.8 Å². The fraction of sp³-hybridized carbons (Fsp3) is 0.333. The smallest absolute Gasteiger partial charge is 0.262 e. The molecule has 2 aromatic rings. The third kappa shape index (κ3) is 4.10. The van der Waals surface area contributed by atoms with Crippen LogP contribution in [0.5, 0.6) is 0 Å². The summed E-state index contributed by atoms with van der Waals surface area (Å²) in [5, 5.41) is 5.98. The first-order chi connectivity index (χ1) is 11.1. The fourth-order valence-electron chi connectivity index (χ4n) is 1.99. The minimum Gasteiger partial charge on any atom is -0.358 e. The van der Waals surface area contributed by atoms with Gasteiger partial charge in [-0.3, -0.25) is 19.0 Å². The molecule has 2 amide bonds. The molecule has 0 aliphatic carbocycles. The predicted molar refractivity (Wildman–Crippen MR) is 89.5 cm³/mol. The third-order valence-electron chi connectivity index (χ3n) is 3.20. The summed E-state index contributed by atoms with van der Waals surface area (Å²) in [7, 11) is 1.50. The Hall–Kier alpha value is -2.35. The van der Waals surface area contributed by atoms with Gasteiger partial charge in [-0.1, -0.05) is 23.9 Å². The maximum Gasteiger partial charge on any atom is 0.262 e. The Morgan fingerprint density at radius 3 is 2.70 bits per heavy atom. The van der Waals surface area contributed by atoms with Crippen molar-refractivity contribution in [2.45, 2.75) is 18.6 Å². The molecular formula is C15H18N4O3S. The van der Waals surface area contributed by atoms with Gasteiger partial charge in [-0.15, -0.1) is 0 Å². The molecule has 8 heteroatoms. The van der Waals surface area contributed by atoms with Crippen LogP contribution in [0.2, 0.25) is 0 Å². The molecule has 0 bridgehead atoms. The second kappa shape index (κ2) is 7.77. The zero-order chi connectivity index (χ0) is 16.8. The molecule has 1 heterocycles. The number of benzene rings is 1. The average molecular weight is 334 g/mol. The summed E-state index contributed by atoms with van der Waals surface area (Å²) in [6.07, 6.45) is 0. The molecule has 0 aliphatic heterocycles. The average Bonchev–Trinajstić information content (AvgIpc) is 2.58. The number of nitrogens with zero attached hydrogens (tertiary/aromatic N) is 2. The summed E-state index contributed by atoms with van der Waals surface area (Å²) in [5.41, 5.74) is 0.488. The molecule has 0 radical (unpaired) electrons.